The number of methoxy groups -OCH3 is 1. The average Bonchev–Trinajstić information content (AvgIpc) is 3.33. The van der Waals surface area contributed by atoms with E-state index in [9.17, 15) is 5.11 Å². The zero-order valence-electron chi connectivity index (χ0n) is 14.7. The van der Waals surface area contributed by atoms with Crippen molar-refractivity contribution in [3.63, 3.8) is 0 Å². The molecule has 2 aromatic heterocycles. The Kier molecular flexibility index (Phi) is 10.1. The molecule has 27 heavy (non-hydrogen) atoms. The van der Waals surface area contributed by atoms with E-state index in [1.165, 1.54) is 22.7 Å². The molecule has 2 aromatic rings. The molecule has 2 heterocycles. The number of halogens is 2. The first kappa shape index (κ1) is 23.6. The molecule has 1 aliphatic carbocycles. The van der Waals surface area contributed by atoms with Crippen molar-refractivity contribution in [1.82, 2.24) is 0 Å². The van der Waals surface area contributed by atoms with Crippen LogP contribution < -0.4 is 9.47 Å². The Balaban J connectivity index is 0.00000261. The molecule has 145 valence electrons. The van der Waals surface area contributed by atoms with Gasteiger partial charge in [0.25, 0.3) is 0 Å². The van der Waals surface area contributed by atoms with Crippen LogP contribution in [0.2, 0.25) is 4.34 Å². The first-order valence-corrected chi connectivity index (χ1v) is 10.5. The molecule has 0 fully saturated rings. The summed E-state index contributed by atoms with van der Waals surface area (Å²) in [7, 11) is 1.63. The van der Waals surface area contributed by atoms with Crippen LogP contribution in [0.4, 0.5) is 0 Å². The van der Waals surface area contributed by atoms with Crippen LogP contribution in [0.1, 0.15) is 16.9 Å². The summed E-state index contributed by atoms with van der Waals surface area (Å²) in [6.07, 6.45) is 2.91. The van der Waals surface area contributed by atoms with Crippen LogP contribution in [0.15, 0.2) is 23.2 Å². The third-order valence-electron chi connectivity index (χ3n) is 4.22. The number of rotatable bonds is 9. The van der Waals surface area contributed by atoms with Crippen LogP contribution in [0.25, 0.3) is 0 Å². The van der Waals surface area contributed by atoms with Crippen LogP contribution in [-0.4, -0.2) is 25.4 Å². The monoisotopic (exact) mass is 522 g/mol. The molecule has 0 spiro atoms. The molecule has 1 radical (unpaired) electrons. The minimum atomic E-state index is -0.0931. The summed E-state index contributed by atoms with van der Waals surface area (Å²) in [6, 6.07) is 3.70. The van der Waals surface area contributed by atoms with Crippen molar-refractivity contribution >= 4 is 45.9 Å². The summed E-state index contributed by atoms with van der Waals surface area (Å²) in [6.45, 7) is 1.51. The number of hydrogen-bond acceptors (Lipinski definition) is 6. The van der Waals surface area contributed by atoms with Crippen molar-refractivity contribution in [3.05, 3.63) is 43.4 Å². The Bertz CT molecular complexity index is 762. The van der Waals surface area contributed by atoms with Gasteiger partial charge in [0.2, 0.25) is 0 Å². The van der Waals surface area contributed by atoms with E-state index >= 15 is 0 Å². The van der Waals surface area contributed by atoms with E-state index in [1.807, 2.05) is 12.1 Å². The molecule has 0 amide bonds. The minimum absolute atomic E-state index is 0. The second-order valence-electron chi connectivity index (χ2n) is 5.92. The Labute approximate surface area is 202 Å². The summed E-state index contributed by atoms with van der Waals surface area (Å²) in [5.41, 5.74) is 0.683. The number of aliphatic hydroxyl groups is 1. The molecule has 2 atom stereocenters. The molecule has 9 heteroatoms. The number of allylic oxidation sites excluding steroid dienone is 1. The van der Waals surface area contributed by atoms with Gasteiger partial charge in [-0.25, -0.2) is 0 Å². The molecule has 1 N–H and O–H groups in total. The van der Waals surface area contributed by atoms with Gasteiger partial charge in [-0.15, -0.1) is 4.88 Å². The second-order valence-corrected chi connectivity index (χ2v) is 8.91. The van der Waals surface area contributed by atoms with Gasteiger partial charge in [0, 0.05) is 68.2 Å². The molecule has 4 nitrogen and oxygen atoms in total. The zero-order valence-corrected chi connectivity index (χ0v) is 20.7. The third kappa shape index (κ3) is 6.41. The molecule has 0 saturated heterocycles. The summed E-state index contributed by atoms with van der Waals surface area (Å²) < 4.78 is 17.4. The van der Waals surface area contributed by atoms with Crippen molar-refractivity contribution in [2.24, 2.45) is 11.8 Å². The zero-order chi connectivity index (χ0) is 18.5. The van der Waals surface area contributed by atoms with Crippen LogP contribution in [0.3, 0.4) is 0 Å². The number of aliphatic hydroxyl groups excluding tert-OH is 1. The largest absolute Gasteiger partial charge is 0.523 e. The van der Waals surface area contributed by atoms with Gasteiger partial charge in [0.1, 0.15) is 4.34 Å². The van der Waals surface area contributed by atoms with Gasteiger partial charge in [-0.3, -0.25) is 11.3 Å². The second kappa shape index (κ2) is 11.5. The summed E-state index contributed by atoms with van der Waals surface area (Å²) in [4.78, 5) is 1.08. The fourth-order valence-corrected chi connectivity index (χ4v) is 4.86. The van der Waals surface area contributed by atoms with E-state index < -0.39 is 0 Å². The number of hydrogen-bond donors (Lipinski definition) is 1. The molecule has 0 aromatic carbocycles. The third-order valence-corrected chi connectivity index (χ3v) is 6.81. The van der Waals surface area contributed by atoms with Crippen LogP contribution in [0.5, 0.6) is 10.8 Å². The minimum Gasteiger partial charge on any atom is -0.523 e. The van der Waals surface area contributed by atoms with E-state index in [0.717, 1.165) is 22.1 Å². The average molecular weight is 523 g/mol. The van der Waals surface area contributed by atoms with Gasteiger partial charge in [0.15, 0.2) is 5.06 Å². The fourth-order valence-electron chi connectivity index (χ4n) is 2.74. The number of ether oxygens (including phenoxy) is 3. The summed E-state index contributed by atoms with van der Waals surface area (Å²) in [5, 5.41) is 13.8. The van der Waals surface area contributed by atoms with E-state index in [0.29, 0.717) is 34.8 Å². The van der Waals surface area contributed by atoms with Crippen molar-refractivity contribution < 1.29 is 52.0 Å². The van der Waals surface area contributed by atoms with E-state index in [4.69, 9.17) is 37.4 Å². The van der Waals surface area contributed by atoms with Crippen LogP contribution >= 0.6 is 45.9 Å². The summed E-state index contributed by atoms with van der Waals surface area (Å²) >= 11 is 15.2. The Hall–Kier alpha value is 0.344. The summed E-state index contributed by atoms with van der Waals surface area (Å²) in [5.74, 6) is 1.11. The van der Waals surface area contributed by atoms with E-state index in [-0.39, 0.29) is 51.2 Å². The van der Waals surface area contributed by atoms with Crippen molar-refractivity contribution in [2.45, 2.75) is 19.6 Å². The van der Waals surface area contributed by atoms with Crippen molar-refractivity contribution in [1.29, 1.82) is 0 Å². The molecular formula is C18H19Cl2O4S2Y-. The Morgan fingerprint density at radius 1 is 1.30 bits per heavy atom. The van der Waals surface area contributed by atoms with Crippen molar-refractivity contribution in [3.8, 4) is 10.8 Å². The van der Waals surface area contributed by atoms with Gasteiger partial charge >= 0.3 is 0 Å². The molecule has 0 aliphatic heterocycles. The molecular weight excluding hydrogens is 504 g/mol. The standard InChI is InChI=1S/C18H19Cl2O4S2.Y/c1-22-13-5-14(25-10-13)8-23-7-11-2-3-16(19)15(11)9-24-17-4-12(6-21)18(20)26-17;/h3-5,11,15,21H,2,6-9H2,1H3;/q-1;/t11-,15-;/m1./s1. The van der Waals surface area contributed by atoms with Gasteiger partial charge in [-0.05, 0) is 18.4 Å². The molecule has 1 aliphatic rings. The van der Waals surface area contributed by atoms with E-state index in [1.54, 1.807) is 13.2 Å². The maximum Gasteiger partial charge on any atom is 0.175 e. The van der Waals surface area contributed by atoms with Crippen molar-refractivity contribution in [2.75, 3.05) is 20.3 Å². The maximum atomic E-state index is 9.21. The van der Waals surface area contributed by atoms with Gasteiger partial charge < -0.3 is 19.3 Å². The predicted molar refractivity (Wildman–Crippen MR) is 106 cm³/mol. The SMILES string of the molecule is COc1[c-]sc(COC[C@H]2CC=C(Cl)[C@@H]2COc2cc(CO)c(Cl)s2)c1.[Y]. The fraction of sp³-hybridized carbons (Fsp3) is 0.444. The first-order chi connectivity index (χ1) is 12.6. The predicted octanol–water partition coefficient (Wildman–Crippen LogP) is 5.12. The van der Waals surface area contributed by atoms with E-state index in [2.05, 4.69) is 5.38 Å². The van der Waals surface area contributed by atoms with Gasteiger partial charge in [-0.2, -0.15) is 6.07 Å². The molecule has 3 rings (SSSR count). The molecule has 0 bridgehead atoms. The van der Waals surface area contributed by atoms with Gasteiger partial charge in [-0.1, -0.05) is 46.0 Å². The quantitative estimate of drug-likeness (QED) is 0.464. The maximum absolute atomic E-state index is 9.21. The Morgan fingerprint density at radius 3 is 2.78 bits per heavy atom. The number of thiophene rings is 2. The first-order valence-electron chi connectivity index (χ1n) is 8.10. The molecule has 0 saturated carbocycles. The normalized spacial score (nSPS) is 18.9. The van der Waals surface area contributed by atoms with Gasteiger partial charge in [0.05, 0.1) is 20.3 Å². The Morgan fingerprint density at radius 2 is 2.11 bits per heavy atom. The smallest absolute Gasteiger partial charge is 0.175 e. The van der Waals surface area contributed by atoms with Crippen LogP contribution in [0, 0.1) is 17.2 Å². The molecule has 0 unspecified atom stereocenters. The topological polar surface area (TPSA) is 47.9 Å². The van der Waals surface area contributed by atoms with Crippen LogP contribution in [-0.2, 0) is 50.7 Å².